The first-order valence-electron chi connectivity index (χ1n) is 10.9. The minimum absolute atomic E-state index is 0.000346. The van der Waals surface area contributed by atoms with Gasteiger partial charge in [0, 0.05) is 37.8 Å². The van der Waals surface area contributed by atoms with Crippen molar-refractivity contribution in [3.8, 4) is 0 Å². The van der Waals surface area contributed by atoms with E-state index in [1.165, 1.54) is 12.1 Å². The van der Waals surface area contributed by atoms with Gasteiger partial charge in [-0.1, -0.05) is 24.3 Å². The van der Waals surface area contributed by atoms with E-state index in [-0.39, 0.29) is 17.7 Å². The summed E-state index contributed by atoms with van der Waals surface area (Å²) in [5.74, 6) is -0.815. The van der Waals surface area contributed by atoms with Gasteiger partial charge in [-0.3, -0.25) is 24.2 Å². The highest BCUT2D eigenvalue weighted by Gasteiger charge is 2.35. The third kappa shape index (κ3) is 5.34. The molecule has 0 aromatic heterocycles. The van der Waals surface area contributed by atoms with Crippen molar-refractivity contribution in [1.29, 1.82) is 0 Å². The maximum atomic E-state index is 13.4. The van der Waals surface area contributed by atoms with Gasteiger partial charge in [-0.05, 0) is 67.1 Å². The number of carbonyl (C=O) groups excluding carboxylic acids is 3. The molecule has 2 saturated heterocycles. The van der Waals surface area contributed by atoms with E-state index in [0.717, 1.165) is 35.3 Å². The zero-order valence-electron chi connectivity index (χ0n) is 18.7. The summed E-state index contributed by atoms with van der Waals surface area (Å²) in [5.41, 5.74) is 1.88. The highest BCUT2D eigenvalue weighted by molar-refractivity contribution is 8.18. The number of thioether (sulfide) groups is 1. The van der Waals surface area contributed by atoms with Gasteiger partial charge in [-0.2, -0.15) is 0 Å². The van der Waals surface area contributed by atoms with Crippen LogP contribution in [-0.4, -0.2) is 64.0 Å². The molecular formula is C25H26FN3O3S. The molecule has 4 rings (SSSR count). The molecule has 0 radical (unpaired) electrons. The summed E-state index contributed by atoms with van der Waals surface area (Å²) >= 11 is 0.861. The van der Waals surface area contributed by atoms with Crippen molar-refractivity contribution in [2.45, 2.75) is 26.4 Å². The van der Waals surface area contributed by atoms with E-state index in [2.05, 4.69) is 18.7 Å². The Morgan fingerprint density at radius 1 is 1.06 bits per heavy atom. The van der Waals surface area contributed by atoms with E-state index < -0.39 is 11.7 Å². The van der Waals surface area contributed by atoms with Gasteiger partial charge in [0.25, 0.3) is 17.1 Å². The first-order valence-corrected chi connectivity index (χ1v) is 11.8. The fourth-order valence-corrected chi connectivity index (χ4v) is 4.79. The summed E-state index contributed by atoms with van der Waals surface area (Å²) in [5, 5.41) is -0.386. The van der Waals surface area contributed by atoms with Crippen LogP contribution in [0.1, 0.15) is 35.3 Å². The number of nitrogens with zero attached hydrogens (tertiary/aromatic N) is 3. The van der Waals surface area contributed by atoms with E-state index in [0.29, 0.717) is 35.2 Å². The van der Waals surface area contributed by atoms with E-state index >= 15 is 0 Å². The second-order valence-electron chi connectivity index (χ2n) is 8.44. The number of imide groups is 1. The van der Waals surface area contributed by atoms with Gasteiger partial charge in [0.15, 0.2) is 0 Å². The van der Waals surface area contributed by atoms with E-state index in [4.69, 9.17) is 0 Å². The first-order chi connectivity index (χ1) is 15.8. The number of amides is 3. The molecule has 0 saturated carbocycles. The normalized spacial score (nSPS) is 18.6. The summed E-state index contributed by atoms with van der Waals surface area (Å²) in [4.78, 5) is 43.5. The average Bonchev–Trinajstić information content (AvgIpc) is 3.06. The zero-order chi connectivity index (χ0) is 23.5. The lowest BCUT2D eigenvalue weighted by atomic mass is 10.1. The Hall–Kier alpha value is -2.97. The van der Waals surface area contributed by atoms with E-state index in [1.807, 2.05) is 4.90 Å². The van der Waals surface area contributed by atoms with Crippen LogP contribution in [0.2, 0.25) is 0 Å². The van der Waals surface area contributed by atoms with Gasteiger partial charge < -0.3 is 4.90 Å². The SMILES string of the molecule is CC(C)N1CCN(C(=O)c2ccc(/C=C3\SC(=O)N(Cc4cccc(F)c4)C3=O)cc2)CC1. The van der Waals surface area contributed by atoms with Crippen LogP contribution in [0, 0.1) is 5.82 Å². The quantitative estimate of drug-likeness (QED) is 0.616. The number of carbonyl (C=O) groups is 3. The predicted octanol–water partition coefficient (Wildman–Crippen LogP) is 4.23. The molecule has 0 bridgehead atoms. The maximum absolute atomic E-state index is 13.4. The Bertz CT molecular complexity index is 1090. The number of hydrogen-bond acceptors (Lipinski definition) is 5. The molecule has 0 N–H and O–H groups in total. The molecule has 0 aliphatic carbocycles. The zero-order valence-corrected chi connectivity index (χ0v) is 19.5. The molecule has 0 unspecified atom stereocenters. The minimum atomic E-state index is -0.411. The Kier molecular flexibility index (Phi) is 6.95. The molecular weight excluding hydrogens is 441 g/mol. The van der Waals surface area contributed by atoms with Gasteiger partial charge in [0.1, 0.15) is 5.82 Å². The second kappa shape index (κ2) is 9.89. The lowest BCUT2D eigenvalue weighted by molar-refractivity contribution is -0.123. The van der Waals surface area contributed by atoms with Crippen LogP contribution in [0.15, 0.2) is 53.4 Å². The standard InChI is InChI=1S/C25H26FN3O3S/c1-17(2)27-10-12-28(13-11-27)23(30)20-8-6-18(7-9-20)15-22-24(31)29(25(32)33-22)16-19-4-3-5-21(26)14-19/h3-9,14-15,17H,10-13,16H2,1-2H3/b22-15-. The van der Waals surface area contributed by atoms with Crippen LogP contribution in [0.5, 0.6) is 0 Å². The Labute approximate surface area is 197 Å². The van der Waals surface area contributed by atoms with Crippen molar-refractivity contribution in [2.24, 2.45) is 0 Å². The largest absolute Gasteiger partial charge is 0.336 e. The van der Waals surface area contributed by atoms with Gasteiger partial charge in [0.05, 0.1) is 11.4 Å². The summed E-state index contributed by atoms with van der Waals surface area (Å²) in [6.45, 7) is 7.49. The third-order valence-corrected chi connectivity index (χ3v) is 6.80. The van der Waals surface area contributed by atoms with Crippen LogP contribution >= 0.6 is 11.8 Å². The number of benzene rings is 2. The topological polar surface area (TPSA) is 60.9 Å². The Morgan fingerprint density at radius 2 is 1.76 bits per heavy atom. The van der Waals surface area contributed by atoms with Crippen LogP contribution in [0.4, 0.5) is 9.18 Å². The predicted molar refractivity (Wildman–Crippen MR) is 127 cm³/mol. The second-order valence-corrected chi connectivity index (χ2v) is 9.43. The molecule has 172 valence electrons. The third-order valence-electron chi connectivity index (χ3n) is 5.89. The number of hydrogen-bond donors (Lipinski definition) is 0. The van der Waals surface area contributed by atoms with E-state index in [1.54, 1.807) is 42.5 Å². The molecule has 0 atom stereocenters. The molecule has 2 aliphatic rings. The van der Waals surface area contributed by atoms with Gasteiger partial charge in [0.2, 0.25) is 0 Å². The lowest BCUT2D eigenvalue weighted by Gasteiger charge is -2.37. The number of rotatable bonds is 5. The fraction of sp³-hybridized carbons (Fsp3) is 0.320. The first kappa shape index (κ1) is 23.2. The van der Waals surface area contributed by atoms with Crippen molar-refractivity contribution >= 4 is 34.9 Å². The summed E-state index contributed by atoms with van der Waals surface area (Å²) in [6.07, 6.45) is 1.64. The summed E-state index contributed by atoms with van der Waals surface area (Å²) < 4.78 is 13.4. The van der Waals surface area contributed by atoms with Gasteiger partial charge in [-0.15, -0.1) is 0 Å². The number of halogens is 1. The highest BCUT2D eigenvalue weighted by Crippen LogP contribution is 2.33. The van der Waals surface area contributed by atoms with Crippen molar-refractivity contribution < 1.29 is 18.8 Å². The molecule has 0 spiro atoms. The molecule has 8 heteroatoms. The number of piperazine rings is 1. The van der Waals surface area contributed by atoms with Crippen molar-refractivity contribution in [3.63, 3.8) is 0 Å². The van der Waals surface area contributed by atoms with Crippen LogP contribution in [0.25, 0.3) is 6.08 Å². The monoisotopic (exact) mass is 467 g/mol. The minimum Gasteiger partial charge on any atom is -0.336 e. The van der Waals surface area contributed by atoms with Crippen molar-refractivity contribution in [2.75, 3.05) is 26.2 Å². The van der Waals surface area contributed by atoms with Crippen LogP contribution in [-0.2, 0) is 11.3 Å². The fourth-order valence-electron chi connectivity index (χ4n) is 3.95. The molecule has 6 nitrogen and oxygen atoms in total. The molecule has 33 heavy (non-hydrogen) atoms. The van der Waals surface area contributed by atoms with E-state index in [9.17, 15) is 18.8 Å². The maximum Gasteiger partial charge on any atom is 0.293 e. The van der Waals surface area contributed by atoms with Crippen LogP contribution in [0.3, 0.4) is 0 Å². The molecule has 2 aromatic rings. The Morgan fingerprint density at radius 3 is 2.39 bits per heavy atom. The smallest absolute Gasteiger partial charge is 0.293 e. The van der Waals surface area contributed by atoms with Crippen molar-refractivity contribution in [1.82, 2.24) is 14.7 Å². The summed E-state index contributed by atoms with van der Waals surface area (Å²) in [7, 11) is 0. The molecule has 3 amide bonds. The molecule has 2 heterocycles. The van der Waals surface area contributed by atoms with Crippen molar-refractivity contribution in [3.05, 3.63) is 75.9 Å². The Balaban J connectivity index is 1.41. The highest BCUT2D eigenvalue weighted by atomic mass is 32.2. The molecule has 2 aliphatic heterocycles. The summed E-state index contributed by atoms with van der Waals surface area (Å²) in [6, 6.07) is 13.4. The molecule has 2 fully saturated rings. The van der Waals surface area contributed by atoms with Gasteiger partial charge >= 0.3 is 0 Å². The van der Waals surface area contributed by atoms with Crippen LogP contribution < -0.4 is 0 Å². The molecule has 2 aromatic carbocycles. The van der Waals surface area contributed by atoms with Gasteiger partial charge in [-0.25, -0.2) is 4.39 Å². The average molecular weight is 468 g/mol. The lowest BCUT2D eigenvalue weighted by Crippen LogP contribution is -2.50.